The number of anilines is 1. The zero-order valence-electron chi connectivity index (χ0n) is 20.5. The van der Waals surface area contributed by atoms with Crippen molar-refractivity contribution in [2.45, 2.75) is 29.9 Å². The van der Waals surface area contributed by atoms with Crippen LogP contribution in [0.25, 0.3) is 10.9 Å². The van der Waals surface area contributed by atoms with Crippen molar-refractivity contribution in [1.29, 1.82) is 0 Å². The molecule has 0 bridgehead atoms. The fraction of sp³-hybridized carbons (Fsp3) is 0.214. The van der Waals surface area contributed by atoms with Gasteiger partial charge in [-0.3, -0.25) is 14.5 Å². The minimum atomic E-state index is -3.95. The molecule has 1 amide bonds. The van der Waals surface area contributed by atoms with Gasteiger partial charge in [0.2, 0.25) is 0 Å². The Balaban J connectivity index is 1.34. The molecular weight excluding hydrogens is 524 g/mol. The SMILES string of the molecule is NCc1cc(NS(=O)(=O)c2cccc3cccnc23)ccc1C(=O)N1CCC(O)(c2ccccc2Cl)CC1. The Bertz CT molecular complexity index is 1610. The van der Waals surface area contributed by atoms with Crippen molar-refractivity contribution in [2.75, 3.05) is 17.8 Å². The Hall–Kier alpha value is -3.50. The molecule has 0 atom stereocenters. The van der Waals surface area contributed by atoms with Crippen LogP contribution < -0.4 is 10.5 Å². The molecule has 1 fully saturated rings. The number of nitrogens with one attached hydrogen (secondary N) is 1. The van der Waals surface area contributed by atoms with Crippen molar-refractivity contribution in [3.8, 4) is 0 Å². The topological polar surface area (TPSA) is 126 Å². The van der Waals surface area contributed by atoms with Crippen LogP contribution in [0.2, 0.25) is 5.02 Å². The molecule has 8 nitrogen and oxygen atoms in total. The molecule has 0 unspecified atom stereocenters. The van der Waals surface area contributed by atoms with Crippen LogP contribution in [0.3, 0.4) is 0 Å². The third-order valence-corrected chi connectivity index (χ3v) is 8.69. The van der Waals surface area contributed by atoms with E-state index >= 15 is 0 Å². The zero-order chi connectivity index (χ0) is 26.9. The second-order valence-electron chi connectivity index (χ2n) is 9.32. The number of para-hydroxylation sites is 1. The number of aliphatic hydroxyl groups is 1. The minimum Gasteiger partial charge on any atom is -0.385 e. The number of aromatic nitrogens is 1. The largest absolute Gasteiger partial charge is 0.385 e. The molecule has 10 heteroatoms. The lowest BCUT2D eigenvalue weighted by molar-refractivity contribution is -0.0210. The Morgan fingerprint density at radius 3 is 2.53 bits per heavy atom. The molecule has 5 rings (SSSR count). The molecule has 196 valence electrons. The van der Waals surface area contributed by atoms with Gasteiger partial charge in [0.15, 0.2) is 0 Å². The van der Waals surface area contributed by atoms with Crippen LogP contribution in [0.4, 0.5) is 5.69 Å². The van der Waals surface area contributed by atoms with Gasteiger partial charge in [-0.2, -0.15) is 0 Å². The first-order valence-corrected chi connectivity index (χ1v) is 14.0. The summed E-state index contributed by atoms with van der Waals surface area (Å²) in [5.41, 5.74) is 7.08. The Labute approximate surface area is 226 Å². The number of pyridine rings is 1. The van der Waals surface area contributed by atoms with Gasteiger partial charge in [-0.05, 0) is 54.8 Å². The molecule has 1 aromatic heterocycles. The first-order valence-electron chi connectivity index (χ1n) is 12.2. The molecule has 0 radical (unpaired) electrons. The third kappa shape index (κ3) is 4.98. The van der Waals surface area contributed by atoms with Gasteiger partial charge in [0.1, 0.15) is 4.90 Å². The maximum atomic E-state index is 13.4. The lowest BCUT2D eigenvalue weighted by Gasteiger charge is -2.39. The van der Waals surface area contributed by atoms with Gasteiger partial charge in [0.05, 0.1) is 11.1 Å². The number of piperidine rings is 1. The molecule has 0 spiro atoms. The van der Waals surface area contributed by atoms with Crippen molar-refractivity contribution in [3.05, 3.63) is 101 Å². The number of nitrogens with zero attached hydrogens (tertiary/aromatic N) is 2. The monoisotopic (exact) mass is 550 g/mol. The van der Waals surface area contributed by atoms with E-state index in [-0.39, 0.29) is 17.3 Å². The van der Waals surface area contributed by atoms with E-state index in [4.69, 9.17) is 17.3 Å². The lowest BCUT2D eigenvalue weighted by atomic mass is 9.84. The van der Waals surface area contributed by atoms with Gasteiger partial charge >= 0.3 is 0 Å². The summed E-state index contributed by atoms with van der Waals surface area (Å²) in [4.78, 5) is 19.3. The van der Waals surface area contributed by atoms with Crippen LogP contribution in [0, 0.1) is 0 Å². The van der Waals surface area contributed by atoms with E-state index in [1.165, 1.54) is 6.07 Å². The van der Waals surface area contributed by atoms with E-state index in [0.29, 0.717) is 64.2 Å². The highest BCUT2D eigenvalue weighted by Gasteiger charge is 2.37. The van der Waals surface area contributed by atoms with Crippen LogP contribution in [0.1, 0.15) is 34.3 Å². The smallest absolute Gasteiger partial charge is 0.264 e. The molecule has 38 heavy (non-hydrogen) atoms. The molecule has 0 saturated carbocycles. The Morgan fingerprint density at radius 2 is 1.79 bits per heavy atom. The predicted octanol–water partition coefficient (Wildman–Crippen LogP) is 4.27. The Morgan fingerprint density at radius 1 is 1.05 bits per heavy atom. The summed E-state index contributed by atoms with van der Waals surface area (Å²) < 4.78 is 29.0. The molecule has 3 aromatic carbocycles. The first kappa shape index (κ1) is 26.1. The van der Waals surface area contributed by atoms with Crippen molar-refractivity contribution in [3.63, 3.8) is 0 Å². The Kier molecular flexibility index (Phi) is 7.11. The van der Waals surface area contributed by atoms with E-state index in [1.54, 1.807) is 65.7 Å². The van der Waals surface area contributed by atoms with Gasteiger partial charge < -0.3 is 15.7 Å². The lowest BCUT2D eigenvalue weighted by Crippen LogP contribution is -2.45. The summed E-state index contributed by atoms with van der Waals surface area (Å²) >= 11 is 6.30. The highest BCUT2D eigenvalue weighted by molar-refractivity contribution is 7.93. The molecule has 0 aliphatic carbocycles. The summed E-state index contributed by atoms with van der Waals surface area (Å²) in [6.45, 7) is 0.726. The summed E-state index contributed by atoms with van der Waals surface area (Å²) in [6, 6.07) is 20.4. The standard InChI is InChI=1S/C28H27ClN4O4S/c29-24-8-2-1-7-23(24)28(35)12-15-33(16-13-28)27(34)22-11-10-21(17-20(22)18-30)32-38(36,37)25-9-3-5-19-6-4-14-31-26(19)25/h1-11,14,17,32,35H,12-13,15-16,18,30H2. The number of benzene rings is 3. The first-order chi connectivity index (χ1) is 18.2. The van der Waals surface area contributed by atoms with Crippen LogP contribution in [-0.2, 0) is 22.2 Å². The van der Waals surface area contributed by atoms with Crippen molar-refractivity contribution < 1.29 is 18.3 Å². The number of likely N-dealkylation sites (tertiary alicyclic amines) is 1. The molecular formula is C28H27ClN4O4S. The number of rotatable bonds is 6. The average Bonchev–Trinajstić information content (AvgIpc) is 2.92. The number of halogens is 1. The maximum absolute atomic E-state index is 13.4. The second kappa shape index (κ2) is 10.3. The van der Waals surface area contributed by atoms with Crippen LogP contribution >= 0.6 is 11.6 Å². The quantitative estimate of drug-likeness (QED) is 0.329. The zero-order valence-corrected chi connectivity index (χ0v) is 22.0. The third-order valence-electron chi connectivity index (χ3n) is 6.95. The number of carbonyl (C=O) groups is 1. The van der Waals surface area contributed by atoms with Crippen LogP contribution in [0.5, 0.6) is 0 Å². The van der Waals surface area contributed by atoms with Gasteiger partial charge in [-0.15, -0.1) is 0 Å². The van der Waals surface area contributed by atoms with Gasteiger partial charge in [0, 0.05) is 53.1 Å². The van der Waals surface area contributed by atoms with E-state index in [2.05, 4.69) is 9.71 Å². The predicted molar refractivity (Wildman–Crippen MR) is 147 cm³/mol. The molecule has 4 N–H and O–H groups in total. The molecule has 1 aliphatic rings. The highest BCUT2D eigenvalue weighted by Crippen LogP contribution is 2.37. The average molecular weight is 551 g/mol. The summed E-state index contributed by atoms with van der Waals surface area (Å²) in [5.74, 6) is -0.223. The van der Waals surface area contributed by atoms with Crippen LogP contribution in [0.15, 0.2) is 83.9 Å². The van der Waals surface area contributed by atoms with Crippen molar-refractivity contribution in [1.82, 2.24) is 9.88 Å². The summed E-state index contributed by atoms with van der Waals surface area (Å²) in [6.07, 6.45) is 2.24. The van der Waals surface area contributed by atoms with Gasteiger partial charge in [0.25, 0.3) is 15.9 Å². The summed E-state index contributed by atoms with van der Waals surface area (Å²) in [5, 5.41) is 12.4. The molecule has 2 heterocycles. The van der Waals surface area contributed by atoms with E-state index in [1.807, 2.05) is 12.1 Å². The fourth-order valence-corrected chi connectivity index (χ4v) is 6.44. The number of nitrogens with two attached hydrogens (primary N) is 1. The van der Waals surface area contributed by atoms with Crippen molar-refractivity contribution in [2.24, 2.45) is 5.73 Å². The van der Waals surface area contributed by atoms with E-state index < -0.39 is 15.6 Å². The van der Waals surface area contributed by atoms with Gasteiger partial charge in [-0.1, -0.05) is 48.0 Å². The fourth-order valence-electron chi connectivity index (χ4n) is 4.90. The number of carbonyl (C=O) groups excluding carboxylic acids is 1. The number of sulfonamides is 1. The van der Waals surface area contributed by atoms with Gasteiger partial charge in [-0.25, -0.2) is 8.42 Å². The summed E-state index contributed by atoms with van der Waals surface area (Å²) in [7, 11) is -3.95. The number of fused-ring (bicyclic) bond motifs is 1. The maximum Gasteiger partial charge on any atom is 0.264 e. The molecule has 1 saturated heterocycles. The molecule has 1 aliphatic heterocycles. The van der Waals surface area contributed by atoms with E-state index in [0.717, 1.165) is 0 Å². The number of amides is 1. The number of hydrogen-bond donors (Lipinski definition) is 3. The van der Waals surface area contributed by atoms with E-state index in [9.17, 15) is 18.3 Å². The van der Waals surface area contributed by atoms with Crippen molar-refractivity contribution >= 4 is 44.1 Å². The minimum absolute atomic E-state index is 0.0455. The molecule has 4 aromatic rings. The number of hydrogen-bond acceptors (Lipinski definition) is 6. The second-order valence-corrected chi connectivity index (χ2v) is 11.4. The normalized spacial score (nSPS) is 15.4. The van der Waals surface area contributed by atoms with Crippen LogP contribution in [-0.4, -0.2) is 42.4 Å². The highest BCUT2D eigenvalue weighted by atomic mass is 35.5.